The number of carbonyl (C=O) groups is 2. The Hall–Kier alpha value is -3.53. The number of carbonyl (C=O) groups excluding carboxylic acids is 2. The number of esters is 1. The van der Waals surface area contributed by atoms with Crippen LogP contribution in [0.25, 0.3) is 0 Å². The summed E-state index contributed by atoms with van der Waals surface area (Å²) < 4.78 is 4.95. The Labute approximate surface area is 157 Å². The summed E-state index contributed by atoms with van der Waals surface area (Å²) in [6.07, 6.45) is -1.32. The van der Waals surface area contributed by atoms with Crippen LogP contribution < -0.4 is 5.32 Å². The summed E-state index contributed by atoms with van der Waals surface area (Å²) in [5.74, 6) is -1.88. The molecular weight excluding hydrogens is 382 g/mol. The molecule has 10 nitrogen and oxygen atoms in total. The number of nitro benzene ring substituents is 2. The van der Waals surface area contributed by atoms with E-state index in [0.29, 0.717) is 0 Å². The number of halogens is 1. The maximum Gasteiger partial charge on any atom is 0.345 e. The van der Waals surface area contributed by atoms with Gasteiger partial charge in [-0.25, -0.2) is 4.79 Å². The Bertz CT molecular complexity index is 932. The molecule has 0 aliphatic carbocycles. The molecule has 0 saturated carbocycles. The number of hydrogen-bond acceptors (Lipinski definition) is 7. The molecule has 2 aromatic carbocycles. The Morgan fingerprint density at radius 1 is 1.11 bits per heavy atom. The zero-order valence-corrected chi connectivity index (χ0v) is 14.5. The third-order valence-electron chi connectivity index (χ3n) is 3.35. The molecule has 0 unspecified atom stereocenters. The van der Waals surface area contributed by atoms with Gasteiger partial charge in [0.15, 0.2) is 6.10 Å². The van der Waals surface area contributed by atoms with E-state index in [1.807, 2.05) is 0 Å². The first-order chi connectivity index (χ1) is 12.7. The minimum absolute atomic E-state index is 0.0845. The first kappa shape index (κ1) is 19.8. The van der Waals surface area contributed by atoms with Crippen molar-refractivity contribution in [2.45, 2.75) is 13.0 Å². The van der Waals surface area contributed by atoms with Gasteiger partial charge in [0.25, 0.3) is 17.3 Å². The lowest BCUT2D eigenvalue weighted by molar-refractivity contribution is -0.385. The molecule has 0 aromatic heterocycles. The lowest BCUT2D eigenvalue weighted by Crippen LogP contribution is -2.30. The van der Waals surface area contributed by atoms with E-state index in [2.05, 4.69) is 5.32 Å². The van der Waals surface area contributed by atoms with Gasteiger partial charge in [0, 0.05) is 28.9 Å². The lowest BCUT2D eigenvalue weighted by Gasteiger charge is -2.13. The van der Waals surface area contributed by atoms with E-state index in [-0.39, 0.29) is 16.4 Å². The molecule has 140 valence electrons. The van der Waals surface area contributed by atoms with Crippen LogP contribution in [0.5, 0.6) is 0 Å². The Morgan fingerprint density at radius 3 is 2.44 bits per heavy atom. The van der Waals surface area contributed by atoms with Crippen LogP contribution in [0.1, 0.15) is 17.3 Å². The maximum atomic E-state index is 12.2. The first-order valence-electron chi connectivity index (χ1n) is 7.39. The fourth-order valence-electron chi connectivity index (χ4n) is 2.05. The minimum atomic E-state index is -1.32. The van der Waals surface area contributed by atoms with Gasteiger partial charge in [-0.3, -0.25) is 25.0 Å². The highest BCUT2D eigenvalue weighted by molar-refractivity contribution is 6.31. The number of non-ortho nitro benzene ring substituents is 1. The average molecular weight is 394 g/mol. The molecule has 1 N–H and O–H groups in total. The van der Waals surface area contributed by atoms with Crippen molar-refractivity contribution in [1.29, 1.82) is 0 Å². The van der Waals surface area contributed by atoms with Gasteiger partial charge in [-0.2, -0.15) is 0 Å². The summed E-state index contributed by atoms with van der Waals surface area (Å²) in [6, 6.07) is 8.53. The molecule has 27 heavy (non-hydrogen) atoms. The number of nitrogens with one attached hydrogen (secondary N) is 1. The van der Waals surface area contributed by atoms with E-state index >= 15 is 0 Å². The average Bonchev–Trinajstić information content (AvgIpc) is 2.61. The van der Waals surface area contributed by atoms with Gasteiger partial charge in [-0.05, 0) is 25.1 Å². The monoisotopic (exact) mass is 393 g/mol. The van der Waals surface area contributed by atoms with Crippen LogP contribution >= 0.6 is 11.6 Å². The molecule has 0 aliphatic heterocycles. The molecular formula is C16H12ClN3O7. The summed E-state index contributed by atoms with van der Waals surface area (Å²) in [4.78, 5) is 44.7. The number of ether oxygens (including phenoxy) is 1. The summed E-state index contributed by atoms with van der Waals surface area (Å²) in [5, 5.41) is 24.2. The molecule has 0 fully saturated rings. The Morgan fingerprint density at radius 2 is 1.81 bits per heavy atom. The highest BCUT2D eigenvalue weighted by atomic mass is 35.5. The van der Waals surface area contributed by atoms with Gasteiger partial charge in [0.2, 0.25) is 0 Å². The maximum absolute atomic E-state index is 12.2. The normalized spacial score (nSPS) is 11.3. The molecule has 0 saturated heterocycles. The fourth-order valence-corrected chi connectivity index (χ4v) is 2.22. The van der Waals surface area contributed by atoms with Crippen LogP contribution in [0.2, 0.25) is 5.02 Å². The quantitative estimate of drug-likeness (QED) is 0.450. The minimum Gasteiger partial charge on any atom is -0.449 e. The number of rotatable bonds is 6. The van der Waals surface area contributed by atoms with Crippen LogP contribution in [0.3, 0.4) is 0 Å². The molecule has 0 bridgehead atoms. The molecule has 1 amide bonds. The van der Waals surface area contributed by atoms with Gasteiger partial charge in [0.05, 0.1) is 9.85 Å². The second-order valence-electron chi connectivity index (χ2n) is 5.26. The summed E-state index contributed by atoms with van der Waals surface area (Å²) in [7, 11) is 0. The fraction of sp³-hybridized carbons (Fsp3) is 0.125. The number of amides is 1. The highest BCUT2D eigenvalue weighted by Gasteiger charge is 2.26. The molecule has 0 heterocycles. The molecule has 2 aromatic rings. The van der Waals surface area contributed by atoms with E-state index in [1.54, 1.807) is 0 Å². The van der Waals surface area contributed by atoms with Crippen LogP contribution in [0, 0.1) is 20.2 Å². The number of benzene rings is 2. The van der Waals surface area contributed by atoms with Crippen molar-refractivity contribution in [2.24, 2.45) is 0 Å². The summed E-state index contributed by atoms with van der Waals surface area (Å²) >= 11 is 5.75. The second-order valence-corrected chi connectivity index (χ2v) is 5.70. The number of hydrogen-bond donors (Lipinski definition) is 1. The molecule has 1 atom stereocenters. The van der Waals surface area contributed by atoms with Crippen molar-refractivity contribution >= 4 is 40.5 Å². The molecule has 0 radical (unpaired) electrons. The van der Waals surface area contributed by atoms with E-state index < -0.39 is 39.1 Å². The van der Waals surface area contributed by atoms with Gasteiger partial charge in [-0.15, -0.1) is 0 Å². The van der Waals surface area contributed by atoms with Crippen LogP contribution in [0.4, 0.5) is 17.1 Å². The van der Waals surface area contributed by atoms with E-state index in [9.17, 15) is 29.8 Å². The van der Waals surface area contributed by atoms with Gasteiger partial charge < -0.3 is 10.1 Å². The van der Waals surface area contributed by atoms with Gasteiger partial charge in [0.1, 0.15) is 5.56 Å². The molecule has 2 rings (SSSR count). The van der Waals surface area contributed by atoms with Crippen molar-refractivity contribution in [3.8, 4) is 0 Å². The van der Waals surface area contributed by atoms with Crippen molar-refractivity contribution < 1.29 is 24.2 Å². The molecule has 11 heteroatoms. The lowest BCUT2D eigenvalue weighted by atomic mass is 10.2. The standard InChI is InChI=1S/C16H12ClN3O7/c1-9(15(21)18-11-3-2-4-12(8-11)19(23)24)27-16(22)13-7-10(17)5-6-14(13)20(25)26/h2-9H,1H3,(H,18,21)/t9-/m1/s1. The number of nitrogens with zero attached hydrogens (tertiary/aromatic N) is 2. The van der Waals surface area contributed by atoms with Crippen molar-refractivity contribution in [2.75, 3.05) is 5.32 Å². The van der Waals surface area contributed by atoms with E-state index in [4.69, 9.17) is 16.3 Å². The summed E-state index contributed by atoms with van der Waals surface area (Å²) in [6.45, 7) is 1.25. The Balaban J connectivity index is 2.11. The first-order valence-corrected chi connectivity index (χ1v) is 7.77. The smallest absolute Gasteiger partial charge is 0.345 e. The predicted octanol–water partition coefficient (Wildman–Crippen LogP) is 3.34. The van der Waals surface area contributed by atoms with Gasteiger partial charge >= 0.3 is 5.97 Å². The zero-order valence-electron chi connectivity index (χ0n) is 13.7. The highest BCUT2D eigenvalue weighted by Crippen LogP contribution is 2.24. The molecule has 0 spiro atoms. The molecule has 0 aliphatic rings. The Kier molecular flexibility index (Phi) is 6.03. The van der Waals surface area contributed by atoms with E-state index in [0.717, 1.165) is 18.2 Å². The van der Waals surface area contributed by atoms with Gasteiger partial charge in [-0.1, -0.05) is 17.7 Å². The SMILES string of the molecule is C[C@@H](OC(=O)c1cc(Cl)ccc1[N+](=O)[O-])C(=O)Nc1cccc([N+](=O)[O-])c1. The third-order valence-corrected chi connectivity index (χ3v) is 3.59. The van der Waals surface area contributed by atoms with Crippen LogP contribution in [-0.2, 0) is 9.53 Å². The largest absolute Gasteiger partial charge is 0.449 e. The number of anilines is 1. The number of nitro groups is 2. The predicted molar refractivity (Wildman–Crippen MR) is 94.7 cm³/mol. The van der Waals surface area contributed by atoms with Crippen molar-refractivity contribution in [3.63, 3.8) is 0 Å². The van der Waals surface area contributed by atoms with Crippen molar-refractivity contribution in [3.05, 3.63) is 73.3 Å². The zero-order chi connectivity index (χ0) is 20.1. The summed E-state index contributed by atoms with van der Waals surface area (Å²) in [5.41, 5.74) is -1.02. The van der Waals surface area contributed by atoms with E-state index in [1.165, 1.54) is 31.2 Å². The topological polar surface area (TPSA) is 142 Å². The van der Waals surface area contributed by atoms with Crippen LogP contribution in [-0.4, -0.2) is 27.8 Å². The third kappa shape index (κ3) is 4.98. The van der Waals surface area contributed by atoms with Crippen LogP contribution in [0.15, 0.2) is 42.5 Å². The van der Waals surface area contributed by atoms with Crippen molar-refractivity contribution in [1.82, 2.24) is 0 Å². The second kappa shape index (κ2) is 8.23.